The number of nitrogens with one attached hydrogen (secondary N) is 2. The van der Waals surface area contributed by atoms with Gasteiger partial charge >= 0.3 is 57.4 Å². The Morgan fingerprint density at radius 1 is 1.65 bits per heavy atom. The van der Waals surface area contributed by atoms with E-state index < -0.39 is 12.0 Å². The summed E-state index contributed by atoms with van der Waals surface area (Å²) in [5, 5.41) is 11.3. The molecule has 0 fully saturated rings. The molecule has 90 valence electrons. The molecule has 1 unspecified atom stereocenters. The first-order valence-electron chi connectivity index (χ1n) is 4.83. The molecular formula is C9H15KN4O3. The SMILES string of the molecule is NCCC(=O)NC(Cc1cnc[nH]1)C(=O)O.[H-].[K+]. The van der Waals surface area contributed by atoms with Gasteiger partial charge in [0, 0.05) is 31.3 Å². The van der Waals surface area contributed by atoms with Crippen molar-refractivity contribution < 1.29 is 67.5 Å². The number of aliphatic carboxylic acids is 1. The van der Waals surface area contributed by atoms with Crippen molar-refractivity contribution in [2.75, 3.05) is 6.54 Å². The van der Waals surface area contributed by atoms with Crippen LogP contribution < -0.4 is 62.4 Å². The molecule has 5 N–H and O–H groups in total. The Morgan fingerprint density at radius 2 is 2.35 bits per heavy atom. The predicted molar refractivity (Wildman–Crippen MR) is 56.6 cm³/mol. The number of amides is 1. The van der Waals surface area contributed by atoms with E-state index in [2.05, 4.69) is 15.3 Å². The summed E-state index contributed by atoms with van der Waals surface area (Å²) >= 11 is 0. The van der Waals surface area contributed by atoms with Crippen LogP contribution in [-0.2, 0) is 16.0 Å². The number of H-pyrrole nitrogens is 1. The van der Waals surface area contributed by atoms with Crippen LogP contribution in [0.4, 0.5) is 0 Å². The number of hydrogen-bond acceptors (Lipinski definition) is 4. The Morgan fingerprint density at radius 3 is 2.82 bits per heavy atom. The first-order valence-corrected chi connectivity index (χ1v) is 4.83. The number of nitrogens with two attached hydrogens (primary N) is 1. The van der Waals surface area contributed by atoms with Gasteiger partial charge in [-0.15, -0.1) is 0 Å². The molecule has 1 aromatic rings. The number of carboxylic acid groups (broad SMARTS) is 1. The summed E-state index contributed by atoms with van der Waals surface area (Å²) in [7, 11) is 0. The number of aromatic amines is 1. The van der Waals surface area contributed by atoms with E-state index in [1.807, 2.05) is 0 Å². The van der Waals surface area contributed by atoms with E-state index >= 15 is 0 Å². The Labute approximate surface area is 142 Å². The molecule has 1 rings (SSSR count). The van der Waals surface area contributed by atoms with Crippen LogP contribution >= 0.6 is 0 Å². The van der Waals surface area contributed by atoms with E-state index in [1.165, 1.54) is 12.5 Å². The normalized spacial score (nSPS) is 11.4. The average Bonchev–Trinajstić information content (AvgIpc) is 2.69. The Balaban J connectivity index is 0. The van der Waals surface area contributed by atoms with Crippen molar-refractivity contribution >= 4 is 11.9 Å². The van der Waals surface area contributed by atoms with Crippen molar-refractivity contribution in [3.8, 4) is 0 Å². The molecule has 1 aromatic heterocycles. The second-order valence-corrected chi connectivity index (χ2v) is 3.28. The number of rotatable bonds is 6. The third-order valence-corrected chi connectivity index (χ3v) is 1.98. The van der Waals surface area contributed by atoms with Crippen molar-refractivity contribution in [3.05, 3.63) is 18.2 Å². The number of imidazole rings is 1. The van der Waals surface area contributed by atoms with Crippen LogP contribution in [-0.4, -0.2) is 39.5 Å². The molecule has 0 saturated heterocycles. The minimum absolute atomic E-state index is 0. The summed E-state index contributed by atoms with van der Waals surface area (Å²) in [4.78, 5) is 28.6. The number of carbonyl (C=O) groups is 2. The zero-order valence-corrected chi connectivity index (χ0v) is 12.8. The van der Waals surface area contributed by atoms with Crippen molar-refractivity contribution in [1.82, 2.24) is 15.3 Å². The number of carboxylic acids is 1. The maximum atomic E-state index is 11.2. The molecule has 8 heteroatoms. The van der Waals surface area contributed by atoms with Crippen molar-refractivity contribution in [2.45, 2.75) is 18.9 Å². The summed E-state index contributed by atoms with van der Waals surface area (Å²) < 4.78 is 0. The van der Waals surface area contributed by atoms with Crippen LogP contribution in [0.25, 0.3) is 0 Å². The number of hydrogen-bond donors (Lipinski definition) is 4. The molecule has 0 aliphatic rings. The predicted octanol–water partition coefficient (Wildman–Crippen LogP) is -4.01. The molecule has 0 spiro atoms. The fourth-order valence-electron chi connectivity index (χ4n) is 1.21. The first kappa shape index (κ1) is 16.7. The summed E-state index contributed by atoms with van der Waals surface area (Å²) in [6, 6.07) is -0.959. The molecular weight excluding hydrogens is 251 g/mol. The molecule has 0 aliphatic carbocycles. The van der Waals surface area contributed by atoms with Crippen LogP contribution in [0.3, 0.4) is 0 Å². The number of aromatic nitrogens is 2. The van der Waals surface area contributed by atoms with E-state index in [0.29, 0.717) is 5.69 Å². The van der Waals surface area contributed by atoms with Gasteiger partial charge in [-0.25, -0.2) is 9.78 Å². The molecule has 1 heterocycles. The van der Waals surface area contributed by atoms with Gasteiger partial charge in [0.05, 0.1) is 6.33 Å². The monoisotopic (exact) mass is 266 g/mol. The van der Waals surface area contributed by atoms with Gasteiger partial charge in [0.15, 0.2) is 0 Å². The minimum Gasteiger partial charge on any atom is -1.00 e. The van der Waals surface area contributed by atoms with Gasteiger partial charge in [-0.3, -0.25) is 4.79 Å². The molecule has 1 atom stereocenters. The fraction of sp³-hybridized carbons (Fsp3) is 0.444. The van der Waals surface area contributed by atoms with Crippen molar-refractivity contribution in [3.63, 3.8) is 0 Å². The van der Waals surface area contributed by atoms with Crippen LogP contribution in [0.1, 0.15) is 13.5 Å². The fourth-order valence-corrected chi connectivity index (χ4v) is 1.21. The van der Waals surface area contributed by atoms with Gasteiger partial charge in [-0.1, -0.05) is 0 Å². The smallest absolute Gasteiger partial charge is 1.00 e. The minimum atomic E-state index is -1.08. The number of carbonyl (C=O) groups excluding carboxylic acids is 1. The van der Waals surface area contributed by atoms with Crippen molar-refractivity contribution in [1.29, 1.82) is 0 Å². The van der Waals surface area contributed by atoms with Gasteiger partial charge < -0.3 is 22.6 Å². The van der Waals surface area contributed by atoms with E-state index in [9.17, 15) is 9.59 Å². The zero-order valence-electron chi connectivity index (χ0n) is 10.6. The van der Waals surface area contributed by atoms with Gasteiger partial charge in [-0.2, -0.15) is 0 Å². The molecule has 0 bridgehead atoms. The second-order valence-electron chi connectivity index (χ2n) is 3.28. The van der Waals surface area contributed by atoms with Gasteiger partial charge in [0.2, 0.25) is 5.91 Å². The van der Waals surface area contributed by atoms with E-state index in [0.717, 1.165) is 0 Å². The standard InChI is InChI=1S/C9H14N4O3.K.H/c10-2-1-8(14)13-7(9(15)16)3-6-4-11-5-12-6;;/h4-5,7H,1-3,10H2,(H,11,12)(H,13,14)(H,15,16);;/q;+1;-1. The van der Waals surface area contributed by atoms with E-state index in [4.69, 9.17) is 10.8 Å². The maximum absolute atomic E-state index is 11.2. The summed E-state index contributed by atoms with van der Waals surface area (Å²) in [6.45, 7) is 0.197. The van der Waals surface area contributed by atoms with E-state index in [-0.39, 0.29) is 78.1 Å². The number of nitrogens with zero attached hydrogens (tertiary/aromatic N) is 1. The Hall–Kier alpha value is -0.254. The average molecular weight is 266 g/mol. The molecule has 0 saturated carbocycles. The zero-order chi connectivity index (χ0) is 12.0. The first-order chi connectivity index (χ1) is 7.63. The third-order valence-electron chi connectivity index (χ3n) is 1.98. The van der Waals surface area contributed by atoms with Gasteiger partial charge in [-0.05, 0) is 0 Å². The van der Waals surface area contributed by atoms with Crippen molar-refractivity contribution in [2.24, 2.45) is 5.73 Å². The van der Waals surface area contributed by atoms with Crippen LogP contribution in [0.2, 0.25) is 0 Å². The summed E-state index contributed by atoms with van der Waals surface area (Å²) in [6.07, 6.45) is 3.26. The topological polar surface area (TPSA) is 121 Å². The van der Waals surface area contributed by atoms with E-state index in [1.54, 1.807) is 0 Å². The van der Waals surface area contributed by atoms with Crippen LogP contribution in [0, 0.1) is 0 Å². The Kier molecular flexibility index (Phi) is 8.65. The molecule has 17 heavy (non-hydrogen) atoms. The molecule has 1 amide bonds. The van der Waals surface area contributed by atoms with Gasteiger partial charge in [0.1, 0.15) is 6.04 Å². The summed E-state index contributed by atoms with van der Waals surface area (Å²) in [5.41, 5.74) is 5.85. The maximum Gasteiger partial charge on any atom is 1.00 e. The summed E-state index contributed by atoms with van der Waals surface area (Å²) in [5.74, 6) is -1.45. The van der Waals surface area contributed by atoms with Crippen LogP contribution in [0.15, 0.2) is 12.5 Å². The molecule has 0 radical (unpaired) electrons. The quantitative estimate of drug-likeness (QED) is 0.391. The molecule has 0 aliphatic heterocycles. The van der Waals surface area contributed by atoms with Crippen LogP contribution in [0.5, 0.6) is 0 Å². The molecule has 0 aromatic carbocycles. The Bertz CT molecular complexity index is 361. The largest absolute Gasteiger partial charge is 1.00 e. The van der Waals surface area contributed by atoms with Gasteiger partial charge in [0.25, 0.3) is 0 Å². The third kappa shape index (κ3) is 6.29. The second kappa shape index (κ2) is 8.78. The molecule has 7 nitrogen and oxygen atoms in total.